The minimum atomic E-state index is -1.17. The summed E-state index contributed by atoms with van der Waals surface area (Å²) in [6.45, 7) is 5.85. The van der Waals surface area contributed by atoms with Gasteiger partial charge in [-0.3, -0.25) is 0 Å². The van der Waals surface area contributed by atoms with Crippen molar-refractivity contribution in [3.63, 3.8) is 0 Å². The highest BCUT2D eigenvalue weighted by atomic mass is 32.2. The Hall–Kier alpha value is -1.68. The van der Waals surface area contributed by atoms with E-state index in [-0.39, 0.29) is 5.92 Å². The number of ether oxygens (including phenoxy) is 3. The van der Waals surface area contributed by atoms with Crippen LogP contribution in [0.2, 0.25) is 0 Å². The Morgan fingerprint density at radius 2 is 2.13 bits per heavy atom. The summed E-state index contributed by atoms with van der Waals surface area (Å²) in [5.74, 6) is 0.347. The third kappa shape index (κ3) is 5.22. The summed E-state index contributed by atoms with van der Waals surface area (Å²) in [7, 11) is 1.57. The second-order valence-electron chi connectivity index (χ2n) is 8.74. The van der Waals surface area contributed by atoms with E-state index < -0.39 is 35.6 Å². The van der Waals surface area contributed by atoms with Crippen LogP contribution in [-0.4, -0.2) is 63.5 Å². The van der Waals surface area contributed by atoms with E-state index in [0.29, 0.717) is 30.8 Å². The largest absolute Gasteiger partial charge is 0.444 e. The van der Waals surface area contributed by atoms with Crippen LogP contribution in [0.15, 0.2) is 35.3 Å². The van der Waals surface area contributed by atoms with Gasteiger partial charge in [-0.25, -0.2) is 14.8 Å². The Balaban J connectivity index is 1.87. The topological polar surface area (TPSA) is 117 Å². The number of fused-ring (bicyclic) bond motifs is 1. The van der Waals surface area contributed by atoms with Gasteiger partial charge in [0.2, 0.25) is 0 Å². The number of hydrogen-bond donors (Lipinski definition) is 2. The Kier molecular flexibility index (Phi) is 7.62. The lowest BCUT2D eigenvalue weighted by Crippen LogP contribution is -2.59. The predicted octanol–water partition coefficient (Wildman–Crippen LogP) is 3.09. The first-order chi connectivity index (χ1) is 14.7. The van der Waals surface area contributed by atoms with Crippen molar-refractivity contribution < 1.29 is 24.1 Å². The Morgan fingerprint density at radius 1 is 1.42 bits per heavy atom. The zero-order valence-corrected chi connectivity index (χ0v) is 19.4. The van der Waals surface area contributed by atoms with Crippen LogP contribution in [0.5, 0.6) is 0 Å². The quantitative estimate of drug-likeness (QED) is 0.352. The lowest BCUT2D eigenvalue weighted by atomic mass is 9.65. The zero-order valence-electron chi connectivity index (χ0n) is 18.6. The van der Waals surface area contributed by atoms with Crippen LogP contribution in [0.4, 0.5) is 4.79 Å². The standard InChI is InChI=1S/C22H33N3O5S/c1-14(2)6-7-16-21(3,27)18-17(28-4)15(29-19(23)26)8-9-22(18,30-16)10-13-31-20-24-11-5-12-25-20/h5-6,11-12,15-18,27H,7-10,13H2,1-4H3,(H2,23,26)/t15?,16-,17?,18?,21+,22-/m0/s1. The Labute approximate surface area is 187 Å². The predicted molar refractivity (Wildman–Crippen MR) is 118 cm³/mol. The van der Waals surface area contributed by atoms with Crippen LogP contribution < -0.4 is 5.73 Å². The number of nitrogens with two attached hydrogens (primary N) is 1. The molecule has 2 heterocycles. The molecule has 31 heavy (non-hydrogen) atoms. The van der Waals surface area contributed by atoms with Crippen molar-refractivity contribution in [1.82, 2.24) is 9.97 Å². The smallest absolute Gasteiger partial charge is 0.404 e. The van der Waals surface area contributed by atoms with E-state index in [0.717, 1.165) is 5.75 Å². The number of amides is 1. The summed E-state index contributed by atoms with van der Waals surface area (Å²) in [4.78, 5) is 20.0. The molecule has 1 aromatic rings. The molecule has 3 rings (SSSR count). The molecule has 2 fully saturated rings. The van der Waals surface area contributed by atoms with Crippen molar-refractivity contribution in [3.8, 4) is 0 Å². The molecule has 3 unspecified atom stereocenters. The van der Waals surface area contributed by atoms with Gasteiger partial charge >= 0.3 is 6.09 Å². The van der Waals surface area contributed by atoms with Gasteiger partial charge < -0.3 is 25.1 Å². The number of allylic oxidation sites excluding steroid dienone is 1. The second-order valence-corrected chi connectivity index (χ2v) is 9.80. The summed E-state index contributed by atoms with van der Waals surface area (Å²) in [5.41, 5.74) is 4.69. The maximum atomic E-state index is 11.7. The minimum Gasteiger partial charge on any atom is -0.444 e. The molecule has 2 aliphatic rings. The molecule has 1 aromatic heterocycles. The fourth-order valence-electron chi connectivity index (χ4n) is 5.03. The number of thioether (sulfide) groups is 1. The summed E-state index contributed by atoms with van der Waals surface area (Å²) in [5, 5.41) is 12.4. The molecule has 9 heteroatoms. The van der Waals surface area contributed by atoms with Gasteiger partial charge in [0.25, 0.3) is 0 Å². The van der Waals surface area contributed by atoms with Crippen molar-refractivity contribution in [2.45, 2.75) is 81.1 Å². The highest BCUT2D eigenvalue weighted by Crippen LogP contribution is 2.55. The van der Waals surface area contributed by atoms with Gasteiger partial charge in [0.1, 0.15) is 12.2 Å². The molecule has 1 saturated heterocycles. The molecule has 0 bridgehead atoms. The van der Waals surface area contributed by atoms with Crippen molar-refractivity contribution in [3.05, 3.63) is 30.1 Å². The average Bonchev–Trinajstić information content (AvgIpc) is 2.94. The molecule has 1 aliphatic heterocycles. The highest BCUT2D eigenvalue weighted by molar-refractivity contribution is 7.99. The third-order valence-corrected chi connectivity index (χ3v) is 7.23. The highest BCUT2D eigenvalue weighted by Gasteiger charge is 2.66. The third-order valence-electron chi connectivity index (χ3n) is 6.35. The molecule has 0 radical (unpaired) electrons. The molecular formula is C22H33N3O5S. The molecule has 1 amide bonds. The Bertz CT molecular complexity index is 787. The molecule has 8 nitrogen and oxygen atoms in total. The van der Waals surface area contributed by atoms with E-state index in [2.05, 4.69) is 16.0 Å². The first-order valence-corrected chi connectivity index (χ1v) is 11.6. The monoisotopic (exact) mass is 451 g/mol. The minimum absolute atomic E-state index is 0.379. The fraction of sp³-hybridized carbons (Fsp3) is 0.682. The number of hydrogen-bond acceptors (Lipinski definition) is 8. The van der Waals surface area contributed by atoms with Crippen LogP contribution in [0, 0.1) is 5.92 Å². The van der Waals surface area contributed by atoms with Gasteiger partial charge in [-0.05, 0) is 52.5 Å². The van der Waals surface area contributed by atoms with E-state index in [4.69, 9.17) is 19.9 Å². The van der Waals surface area contributed by atoms with Crippen molar-refractivity contribution in [2.24, 2.45) is 11.7 Å². The SMILES string of the molecule is COC1C(OC(N)=O)CC[C@@]2(CCSc3ncccn3)O[C@@H](CC=C(C)C)[C@@](C)(O)C12. The number of carbonyl (C=O) groups is 1. The van der Waals surface area contributed by atoms with Gasteiger partial charge in [0.15, 0.2) is 5.16 Å². The normalized spacial score (nSPS) is 34.7. The van der Waals surface area contributed by atoms with Gasteiger partial charge in [-0.15, -0.1) is 0 Å². The number of primary amides is 1. The Morgan fingerprint density at radius 3 is 2.74 bits per heavy atom. The number of rotatable bonds is 8. The number of aromatic nitrogens is 2. The molecule has 172 valence electrons. The lowest BCUT2D eigenvalue weighted by Gasteiger charge is -2.48. The van der Waals surface area contributed by atoms with Crippen LogP contribution in [0.3, 0.4) is 0 Å². The fourth-order valence-corrected chi connectivity index (χ4v) is 5.93. The van der Waals surface area contributed by atoms with Gasteiger partial charge in [0, 0.05) is 31.2 Å². The van der Waals surface area contributed by atoms with Crippen LogP contribution >= 0.6 is 11.8 Å². The molecule has 0 spiro atoms. The number of methoxy groups -OCH3 is 1. The van der Waals surface area contributed by atoms with Crippen molar-refractivity contribution in [1.29, 1.82) is 0 Å². The van der Waals surface area contributed by atoms with Gasteiger partial charge in [0.05, 0.1) is 17.3 Å². The number of aliphatic hydroxyl groups is 1. The first-order valence-electron chi connectivity index (χ1n) is 10.6. The summed E-state index contributed by atoms with van der Waals surface area (Å²) in [6.07, 6.45) is 5.71. The van der Waals surface area contributed by atoms with Crippen molar-refractivity contribution >= 4 is 17.9 Å². The maximum absolute atomic E-state index is 11.7. The van der Waals surface area contributed by atoms with E-state index in [1.165, 1.54) is 5.57 Å². The summed E-state index contributed by atoms with van der Waals surface area (Å²) < 4.78 is 17.8. The molecule has 1 aliphatic carbocycles. The molecule has 0 aromatic carbocycles. The van der Waals surface area contributed by atoms with E-state index >= 15 is 0 Å². The number of carbonyl (C=O) groups excluding carboxylic acids is 1. The van der Waals surface area contributed by atoms with Crippen LogP contribution in [0.1, 0.15) is 46.5 Å². The molecule has 3 N–H and O–H groups in total. The van der Waals surface area contributed by atoms with E-state index in [1.807, 2.05) is 13.8 Å². The number of nitrogens with zero attached hydrogens (tertiary/aromatic N) is 2. The van der Waals surface area contributed by atoms with Crippen molar-refractivity contribution in [2.75, 3.05) is 12.9 Å². The lowest BCUT2D eigenvalue weighted by molar-refractivity contribution is -0.163. The second kappa shape index (κ2) is 9.85. The summed E-state index contributed by atoms with van der Waals surface area (Å²) >= 11 is 1.56. The van der Waals surface area contributed by atoms with Crippen LogP contribution in [0.25, 0.3) is 0 Å². The molecule has 1 saturated carbocycles. The first kappa shape index (κ1) is 24.0. The van der Waals surface area contributed by atoms with Gasteiger partial charge in [-0.1, -0.05) is 23.4 Å². The average molecular weight is 452 g/mol. The molecular weight excluding hydrogens is 418 g/mol. The van der Waals surface area contributed by atoms with Crippen LogP contribution in [-0.2, 0) is 14.2 Å². The maximum Gasteiger partial charge on any atom is 0.404 e. The van der Waals surface area contributed by atoms with E-state index in [1.54, 1.807) is 44.3 Å². The zero-order chi connectivity index (χ0) is 22.6. The van der Waals surface area contributed by atoms with Gasteiger partial charge in [-0.2, -0.15) is 0 Å². The summed E-state index contributed by atoms with van der Waals surface area (Å²) in [6, 6.07) is 1.78. The molecule has 6 atom stereocenters. The van der Waals surface area contributed by atoms with E-state index in [9.17, 15) is 9.90 Å².